The Morgan fingerprint density at radius 2 is 1.88 bits per heavy atom. The molecule has 8 nitrogen and oxygen atoms in total. The van der Waals surface area contributed by atoms with E-state index in [1.165, 1.54) is 30.9 Å². The van der Waals surface area contributed by atoms with E-state index in [1.54, 1.807) is 12.2 Å². The zero-order chi connectivity index (χ0) is 22.2. The quantitative estimate of drug-likeness (QED) is 0.549. The predicted octanol–water partition coefficient (Wildman–Crippen LogP) is 3.81. The van der Waals surface area contributed by atoms with Gasteiger partial charge in [0.05, 0.1) is 5.52 Å². The van der Waals surface area contributed by atoms with Crippen LogP contribution in [-0.4, -0.2) is 40.8 Å². The molecule has 0 radical (unpaired) electrons. The Hall–Kier alpha value is -4.46. The Kier molecular flexibility index (Phi) is 6.52. The molecule has 0 saturated carbocycles. The maximum atomic E-state index is 12.0. The summed E-state index contributed by atoms with van der Waals surface area (Å²) in [4.78, 5) is 40.2. The summed E-state index contributed by atoms with van der Waals surface area (Å²) in [6, 6.07) is 12.9. The fraction of sp³-hybridized carbons (Fsp3) is 0.0833. The number of allylic oxidation sites excluding steroid dienone is 1. The molecule has 1 aliphatic heterocycles. The van der Waals surface area contributed by atoms with Crippen molar-refractivity contribution in [2.24, 2.45) is 9.98 Å². The average molecular weight is 425 g/mol. The number of hydrogen-bond donors (Lipinski definition) is 1. The Bertz CT molecular complexity index is 1280. The molecule has 3 aromatic rings. The lowest BCUT2D eigenvalue weighted by atomic mass is 10.1. The molecule has 2 amide bonds. The molecule has 0 saturated heterocycles. The molecule has 0 unspecified atom stereocenters. The molecule has 0 fully saturated rings. The summed E-state index contributed by atoms with van der Waals surface area (Å²) in [6.45, 7) is 0.298. The molecule has 1 aromatic heterocycles. The number of nitrogens with zero attached hydrogens (tertiary/aromatic N) is 4. The first-order valence-electron chi connectivity index (χ1n) is 9.89. The molecule has 32 heavy (non-hydrogen) atoms. The van der Waals surface area contributed by atoms with Crippen LogP contribution in [-0.2, 0) is 9.59 Å². The zero-order valence-electron chi connectivity index (χ0n) is 17.0. The fourth-order valence-corrected chi connectivity index (χ4v) is 2.95. The summed E-state index contributed by atoms with van der Waals surface area (Å²) in [7, 11) is 0. The number of ether oxygens (including phenoxy) is 1. The number of aromatic nitrogens is 2. The van der Waals surface area contributed by atoms with Crippen molar-refractivity contribution in [1.82, 2.24) is 9.97 Å². The Labute approximate surface area is 184 Å². The number of nitrogens with one attached hydrogen (secondary N) is 1. The van der Waals surface area contributed by atoms with Gasteiger partial charge in [0.2, 0.25) is 5.91 Å². The molecule has 0 atom stereocenters. The maximum absolute atomic E-state index is 12.0. The monoisotopic (exact) mass is 425 g/mol. The predicted molar refractivity (Wildman–Crippen MR) is 124 cm³/mol. The van der Waals surface area contributed by atoms with Crippen molar-refractivity contribution in [1.29, 1.82) is 0 Å². The molecule has 2 heterocycles. The Morgan fingerprint density at radius 3 is 2.81 bits per heavy atom. The molecular formula is C24H19N5O3. The molecule has 158 valence electrons. The largest absolute Gasteiger partial charge is 0.490 e. The second-order valence-electron chi connectivity index (χ2n) is 6.73. The topological polar surface area (TPSA) is 106 Å². The lowest BCUT2D eigenvalue weighted by molar-refractivity contribution is -0.117. The smallest absolute Gasteiger partial charge is 0.269 e. The van der Waals surface area contributed by atoms with Crippen molar-refractivity contribution in [2.75, 3.05) is 11.9 Å². The third-order valence-corrected chi connectivity index (χ3v) is 4.50. The van der Waals surface area contributed by atoms with E-state index in [-0.39, 0.29) is 12.3 Å². The van der Waals surface area contributed by atoms with Crippen LogP contribution in [0.4, 0.5) is 11.5 Å². The second-order valence-corrected chi connectivity index (χ2v) is 6.73. The highest BCUT2D eigenvalue weighted by molar-refractivity contribution is 6.02. The third-order valence-electron chi connectivity index (χ3n) is 4.50. The number of hydrogen-bond acceptors (Lipinski definition) is 6. The van der Waals surface area contributed by atoms with Gasteiger partial charge in [-0.05, 0) is 30.3 Å². The van der Waals surface area contributed by atoms with Crippen molar-refractivity contribution < 1.29 is 14.3 Å². The number of aliphatic imine (C=N–C) groups is 2. The highest BCUT2D eigenvalue weighted by Gasteiger charge is 2.08. The van der Waals surface area contributed by atoms with E-state index in [2.05, 4.69) is 25.3 Å². The molecule has 4 rings (SSSR count). The van der Waals surface area contributed by atoms with Crippen LogP contribution in [0.2, 0.25) is 0 Å². The number of para-hydroxylation sites is 1. The lowest BCUT2D eigenvalue weighted by Crippen LogP contribution is -2.01. The summed E-state index contributed by atoms with van der Waals surface area (Å²) in [5.41, 5.74) is 2.18. The number of benzene rings is 2. The van der Waals surface area contributed by atoms with Crippen LogP contribution in [0.1, 0.15) is 12.0 Å². The molecular weight excluding hydrogens is 406 g/mol. The van der Waals surface area contributed by atoms with E-state index in [4.69, 9.17) is 4.74 Å². The summed E-state index contributed by atoms with van der Waals surface area (Å²) in [5, 5.41) is 4.08. The van der Waals surface area contributed by atoms with Crippen LogP contribution >= 0.6 is 0 Å². The number of fused-ring (bicyclic) bond motifs is 2. The van der Waals surface area contributed by atoms with Gasteiger partial charge in [-0.15, -0.1) is 0 Å². The summed E-state index contributed by atoms with van der Waals surface area (Å²) in [5.74, 6) is 0.439. The summed E-state index contributed by atoms with van der Waals surface area (Å²) < 4.78 is 5.78. The fourth-order valence-electron chi connectivity index (χ4n) is 2.95. The van der Waals surface area contributed by atoms with Crippen LogP contribution in [0.25, 0.3) is 10.9 Å². The van der Waals surface area contributed by atoms with Gasteiger partial charge in [-0.1, -0.05) is 30.4 Å². The van der Waals surface area contributed by atoms with Gasteiger partial charge in [-0.3, -0.25) is 9.59 Å². The van der Waals surface area contributed by atoms with E-state index < -0.39 is 5.91 Å². The first kappa shape index (κ1) is 20.8. The number of rotatable bonds is 0. The molecule has 1 aliphatic rings. The molecule has 0 spiro atoms. The molecule has 8 heteroatoms. The van der Waals surface area contributed by atoms with Crippen LogP contribution < -0.4 is 10.1 Å². The van der Waals surface area contributed by atoms with Gasteiger partial charge >= 0.3 is 0 Å². The molecule has 0 aliphatic carbocycles. The second kappa shape index (κ2) is 10.0. The molecule has 2 bridgehead atoms. The summed E-state index contributed by atoms with van der Waals surface area (Å²) in [6.07, 6.45) is 10.4. The SMILES string of the molecule is O=C1/C=C/C=NC(=O)C/C=C\COc2ccc3ncnc(c3c2)Nc2ccccc2C=N1. The minimum Gasteiger partial charge on any atom is -0.490 e. The van der Waals surface area contributed by atoms with Crippen LogP contribution in [0, 0.1) is 0 Å². The van der Waals surface area contributed by atoms with E-state index in [9.17, 15) is 9.59 Å². The van der Waals surface area contributed by atoms with E-state index in [0.717, 1.165) is 16.6 Å². The van der Waals surface area contributed by atoms with Crippen LogP contribution in [0.5, 0.6) is 5.75 Å². The molecule has 2 aromatic carbocycles. The number of carbonyl (C=O) groups excluding carboxylic acids is 2. The van der Waals surface area contributed by atoms with Gasteiger partial charge in [-0.25, -0.2) is 20.0 Å². The zero-order valence-corrected chi connectivity index (χ0v) is 17.0. The third kappa shape index (κ3) is 5.37. The lowest BCUT2D eigenvalue weighted by Gasteiger charge is -2.12. The van der Waals surface area contributed by atoms with Crippen molar-refractivity contribution in [3.05, 3.63) is 78.7 Å². The number of carbonyl (C=O) groups is 2. The highest BCUT2D eigenvalue weighted by Crippen LogP contribution is 2.27. The van der Waals surface area contributed by atoms with Crippen LogP contribution in [0.15, 0.2) is 83.1 Å². The van der Waals surface area contributed by atoms with E-state index >= 15 is 0 Å². The minimum absolute atomic E-state index is 0.135. The molecule has 1 N–H and O–H groups in total. The van der Waals surface area contributed by atoms with Gasteiger partial charge in [0.1, 0.15) is 24.5 Å². The number of amides is 2. The van der Waals surface area contributed by atoms with Gasteiger partial charge in [0.15, 0.2) is 0 Å². The Morgan fingerprint density at radius 1 is 0.969 bits per heavy atom. The first-order chi connectivity index (χ1) is 15.7. The number of anilines is 2. The normalized spacial score (nSPS) is 16.8. The van der Waals surface area contributed by atoms with Crippen LogP contribution in [0.3, 0.4) is 0 Å². The Balaban J connectivity index is 1.73. The minimum atomic E-state index is -0.470. The van der Waals surface area contributed by atoms with Gasteiger partial charge in [0.25, 0.3) is 5.91 Å². The van der Waals surface area contributed by atoms with Crippen molar-refractivity contribution >= 4 is 46.7 Å². The van der Waals surface area contributed by atoms with Crippen molar-refractivity contribution in [3.63, 3.8) is 0 Å². The van der Waals surface area contributed by atoms with Gasteiger partial charge < -0.3 is 10.1 Å². The van der Waals surface area contributed by atoms with Crippen molar-refractivity contribution in [2.45, 2.75) is 6.42 Å². The van der Waals surface area contributed by atoms with Gasteiger partial charge in [-0.2, -0.15) is 0 Å². The summed E-state index contributed by atoms with van der Waals surface area (Å²) >= 11 is 0. The standard InChI is InChI=1S/C24H19N5O3/c30-22-8-3-4-13-32-18-10-11-21-19(14-18)24(28-16-27-21)29-20-7-2-1-6-17(20)15-26-23(31)9-5-12-25-22/h1-7,9-12,14-16H,8,13H2,(H,27,28,29)/b4-3-,9-5+,25-12?,26-15?. The first-order valence-corrected chi connectivity index (χ1v) is 9.89. The maximum Gasteiger partial charge on any atom is 0.269 e. The average Bonchev–Trinajstić information content (AvgIpc) is 2.81. The van der Waals surface area contributed by atoms with Crippen molar-refractivity contribution in [3.8, 4) is 5.75 Å². The van der Waals surface area contributed by atoms with E-state index in [1.807, 2.05) is 42.5 Å². The van der Waals surface area contributed by atoms with E-state index in [0.29, 0.717) is 23.7 Å². The highest BCUT2D eigenvalue weighted by atomic mass is 16.5. The van der Waals surface area contributed by atoms with Gasteiger partial charge in [0, 0.05) is 41.6 Å².